The summed E-state index contributed by atoms with van der Waals surface area (Å²) in [7, 11) is -3.96. The van der Waals surface area contributed by atoms with E-state index in [0.717, 1.165) is 22.9 Å². The average molecular weight is 534 g/mol. The molecular weight excluding hydrogens is 509 g/mol. The molecule has 0 atom stereocenters. The zero-order chi connectivity index (χ0) is 26.0. The van der Waals surface area contributed by atoms with Crippen LogP contribution in [0.5, 0.6) is 0 Å². The summed E-state index contributed by atoms with van der Waals surface area (Å²) >= 11 is 5.84. The van der Waals surface area contributed by atoms with Crippen LogP contribution >= 0.6 is 11.6 Å². The predicted octanol–water partition coefficient (Wildman–Crippen LogP) is 4.15. The summed E-state index contributed by atoms with van der Waals surface area (Å²) in [6.45, 7) is 4.87. The van der Waals surface area contributed by atoms with Gasteiger partial charge in [0.05, 0.1) is 9.82 Å². The van der Waals surface area contributed by atoms with Crippen molar-refractivity contribution in [1.82, 2.24) is 14.3 Å². The molecule has 1 aliphatic heterocycles. The van der Waals surface area contributed by atoms with Crippen LogP contribution in [0.25, 0.3) is 0 Å². The van der Waals surface area contributed by atoms with Crippen molar-refractivity contribution in [1.29, 1.82) is 0 Å². The van der Waals surface area contributed by atoms with Crippen molar-refractivity contribution in [3.05, 3.63) is 86.1 Å². The van der Waals surface area contributed by atoms with Crippen LogP contribution in [-0.2, 0) is 22.9 Å². The summed E-state index contributed by atoms with van der Waals surface area (Å²) in [6, 6.07) is 9.87. The first kappa shape index (κ1) is 25.9. The van der Waals surface area contributed by atoms with Gasteiger partial charge in [-0.25, -0.2) is 22.8 Å². The Morgan fingerprint density at radius 3 is 2.47 bits per heavy atom. The van der Waals surface area contributed by atoms with Crippen LogP contribution in [0.1, 0.15) is 29.6 Å². The van der Waals surface area contributed by atoms with E-state index in [9.17, 15) is 22.9 Å². The molecule has 0 unspecified atom stereocenters. The number of aryl methyl sites for hydroxylation is 2. The lowest BCUT2D eigenvalue weighted by Gasteiger charge is -2.36. The van der Waals surface area contributed by atoms with Crippen LogP contribution in [0.4, 0.5) is 15.9 Å². The maximum Gasteiger partial charge on any atom is 0.289 e. The quantitative estimate of drug-likeness (QED) is 0.331. The smallest absolute Gasteiger partial charge is 0.289 e. The molecular formula is C24H25ClFN5O4S. The number of piperazine rings is 1. The molecule has 190 valence electrons. The zero-order valence-corrected chi connectivity index (χ0v) is 21.4. The van der Waals surface area contributed by atoms with E-state index in [1.54, 1.807) is 6.07 Å². The van der Waals surface area contributed by atoms with Gasteiger partial charge in [-0.05, 0) is 43.2 Å². The molecule has 12 heteroatoms. The Kier molecular flexibility index (Phi) is 7.53. The zero-order valence-electron chi connectivity index (χ0n) is 19.8. The number of nitrogens with zero attached hydrogens (tertiary/aromatic N) is 5. The largest absolute Gasteiger partial charge is 0.354 e. The number of benzene rings is 2. The molecule has 0 radical (unpaired) electrons. The van der Waals surface area contributed by atoms with E-state index >= 15 is 0 Å². The van der Waals surface area contributed by atoms with Crippen LogP contribution in [0.15, 0.2) is 47.4 Å². The second-order valence-corrected chi connectivity index (χ2v) is 10.8. The fourth-order valence-corrected chi connectivity index (χ4v) is 5.94. The lowest BCUT2D eigenvalue weighted by molar-refractivity contribution is -0.384. The molecule has 9 nitrogen and oxygen atoms in total. The van der Waals surface area contributed by atoms with E-state index in [1.807, 2.05) is 24.8 Å². The van der Waals surface area contributed by atoms with Gasteiger partial charge in [0.1, 0.15) is 22.5 Å². The normalized spacial score (nSPS) is 14.7. The number of hydrogen-bond donors (Lipinski definition) is 0. The predicted molar refractivity (Wildman–Crippen MR) is 134 cm³/mol. The van der Waals surface area contributed by atoms with Gasteiger partial charge in [-0.15, -0.1) is 0 Å². The molecule has 1 aromatic heterocycles. The number of rotatable bonds is 7. The van der Waals surface area contributed by atoms with Crippen LogP contribution in [-0.4, -0.2) is 53.8 Å². The lowest BCUT2D eigenvalue weighted by atomic mass is 10.0. The van der Waals surface area contributed by atoms with Crippen molar-refractivity contribution in [2.45, 2.75) is 31.6 Å². The number of halogens is 2. The molecule has 0 saturated carbocycles. The standard InChI is InChI=1S/C24H25ClFN5O4S/c1-3-22-20(14-17-5-4-6-18(26)13-17)24(28-16(2)27-22)29-9-11-30(12-10-29)36(34,35)19-7-8-21(25)23(15-19)31(32)33/h4-8,13,15H,3,9-12,14H2,1-2H3. The summed E-state index contributed by atoms with van der Waals surface area (Å²) in [5.74, 6) is 0.998. The van der Waals surface area contributed by atoms with Gasteiger partial charge < -0.3 is 4.90 Å². The van der Waals surface area contributed by atoms with E-state index < -0.39 is 20.6 Å². The molecule has 0 amide bonds. The number of hydrogen-bond acceptors (Lipinski definition) is 7. The summed E-state index contributed by atoms with van der Waals surface area (Å²) < 4.78 is 41.5. The average Bonchev–Trinajstić information content (AvgIpc) is 2.85. The number of anilines is 1. The van der Waals surface area contributed by atoms with E-state index in [-0.39, 0.29) is 28.8 Å². The molecule has 2 aromatic carbocycles. The Bertz CT molecular complexity index is 1410. The van der Waals surface area contributed by atoms with Gasteiger partial charge in [-0.1, -0.05) is 30.7 Å². The molecule has 2 heterocycles. The first-order valence-electron chi connectivity index (χ1n) is 11.4. The highest BCUT2D eigenvalue weighted by Gasteiger charge is 2.31. The lowest BCUT2D eigenvalue weighted by Crippen LogP contribution is -2.49. The third kappa shape index (κ3) is 5.32. The number of nitro benzene ring substituents is 1. The molecule has 0 aliphatic carbocycles. The third-order valence-electron chi connectivity index (χ3n) is 6.08. The minimum atomic E-state index is -3.96. The van der Waals surface area contributed by atoms with Crippen LogP contribution < -0.4 is 4.90 Å². The first-order chi connectivity index (χ1) is 17.1. The van der Waals surface area contributed by atoms with Gasteiger partial charge in [0.25, 0.3) is 5.69 Å². The molecule has 1 saturated heterocycles. The Morgan fingerprint density at radius 2 is 1.83 bits per heavy atom. The molecule has 0 bridgehead atoms. The SMILES string of the molecule is CCc1nc(C)nc(N2CCN(S(=O)(=O)c3ccc(Cl)c([N+](=O)[O-])c3)CC2)c1Cc1cccc(F)c1. The Hall–Kier alpha value is -3.15. The highest BCUT2D eigenvalue weighted by atomic mass is 35.5. The maximum atomic E-state index is 13.8. The van der Waals surface area contributed by atoms with E-state index in [0.29, 0.717) is 37.6 Å². The monoisotopic (exact) mass is 533 g/mol. The van der Waals surface area contributed by atoms with Crippen molar-refractivity contribution in [2.75, 3.05) is 31.1 Å². The van der Waals surface area contributed by atoms with Crippen molar-refractivity contribution in [3.8, 4) is 0 Å². The first-order valence-corrected chi connectivity index (χ1v) is 13.2. The van der Waals surface area contributed by atoms with Crippen molar-refractivity contribution < 1.29 is 17.7 Å². The maximum absolute atomic E-state index is 13.8. The van der Waals surface area contributed by atoms with Crippen molar-refractivity contribution in [2.24, 2.45) is 0 Å². The van der Waals surface area contributed by atoms with Gasteiger partial charge in [0.15, 0.2) is 0 Å². The second-order valence-electron chi connectivity index (χ2n) is 8.44. The minimum Gasteiger partial charge on any atom is -0.354 e. The Balaban J connectivity index is 1.59. The van der Waals surface area contributed by atoms with Crippen LogP contribution in [0.3, 0.4) is 0 Å². The van der Waals surface area contributed by atoms with Crippen molar-refractivity contribution in [3.63, 3.8) is 0 Å². The second kappa shape index (κ2) is 10.5. The number of nitro groups is 1. The summed E-state index contributed by atoms with van der Waals surface area (Å²) in [4.78, 5) is 21.6. The highest BCUT2D eigenvalue weighted by molar-refractivity contribution is 7.89. The van der Waals surface area contributed by atoms with E-state index in [2.05, 4.69) is 9.97 Å². The molecule has 4 rings (SSSR count). The topological polar surface area (TPSA) is 110 Å². The van der Waals surface area contributed by atoms with Gasteiger partial charge in [-0.2, -0.15) is 4.31 Å². The van der Waals surface area contributed by atoms with Crippen LogP contribution in [0, 0.1) is 22.9 Å². The Morgan fingerprint density at radius 1 is 1.11 bits per heavy atom. The molecule has 36 heavy (non-hydrogen) atoms. The van der Waals surface area contributed by atoms with Gasteiger partial charge in [-0.3, -0.25) is 10.1 Å². The summed E-state index contributed by atoms with van der Waals surface area (Å²) in [5.41, 5.74) is 2.09. The van der Waals surface area contributed by atoms with E-state index in [1.165, 1.54) is 28.6 Å². The molecule has 3 aromatic rings. The fourth-order valence-electron chi connectivity index (χ4n) is 4.31. The van der Waals surface area contributed by atoms with Gasteiger partial charge >= 0.3 is 0 Å². The highest BCUT2D eigenvalue weighted by Crippen LogP contribution is 2.30. The summed E-state index contributed by atoms with van der Waals surface area (Å²) in [6.07, 6.45) is 1.12. The molecule has 1 aliphatic rings. The molecule has 1 fully saturated rings. The van der Waals surface area contributed by atoms with E-state index in [4.69, 9.17) is 11.6 Å². The van der Waals surface area contributed by atoms with Gasteiger partial charge in [0, 0.05) is 49.9 Å². The van der Waals surface area contributed by atoms with Gasteiger partial charge in [0.2, 0.25) is 10.0 Å². The number of aromatic nitrogens is 2. The van der Waals surface area contributed by atoms with Crippen LogP contribution in [0.2, 0.25) is 5.02 Å². The Labute approximate surface area is 213 Å². The fraction of sp³-hybridized carbons (Fsp3) is 0.333. The summed E-state index contributed by atoms with van der Waals surface area (Å²) in [5, 5.41) is 11.1. The third-order valence-corrected chi connectivity index (χ3v) is 8.29. The number of sulfonamides is 1. The van der Waals surface area contributed by atoms with Crippen molar-refractivity contribution >= 4 is 33.1 Å². The molecule has 0 N–H and O–H groups in total. The molecule has 0 spiro atoms. The minimum absolute atomic E-state index is 0.125.